The van der Waals surface area contributed by atoms with Crippen LogP contribution in [0, 0.1) is 16.3 Å². The highest BCUT2D eigenvalue weighted by atomic mass is 127. The normalized spacial score (nSPS) is 13.7. The molecule has 0 saturated carbocycles. The Morgan fingerprint density at radius 3 is 2.48 bits per heavy atom. The lowest BCUT2D eigenvalue weighted by Gasteiger charge is -2.14. The van der Waals surface area contributed by atoms with Crippen LogP contribution in [0.5, 0.6) is 11.5 Å². The molecule has 3 aromatic rings. The number of hydrogen-bond acceptors (Lipinski definition) is 6. The minimum atomic E-state index is -0.791. The first-order valence-corrected chi connectivity index (χ1v) is 13.0. The Kier molecular flexibility index (Phi) is 8.99. The first-order valence-electron chi connectivity index (χ1n) is 11.9. The number of carbonyl (C=O) groups excluding carboxylic acids is 4. The van der Waals surface area contributed by atoms with Crippen molar-refractivity contribution in [1.82, 2.24) is 10.2 Å². The molecule has 0 bridgehead atoms. The number of urea groups is 1. The van der Waals surface area contributed by atoms with Crippen LogP contribution in [0.1, 0.15) is 11.1 Å². The number of halogens is 2. The smallest absolute Gasteiger partial charge is 0.329 e. The van der Waals surface area contributed by atoms with E-state index in [0.717, 1.165) is 5.56 Å². The van der Waals surface area contributed by atoms with Crippen molar-refractivity contribution in [3.63, 3.8) is 0 Å². The quantitative estimate of drug-likeness (QED) is 0.179. The molecule has 3 aromatic carbocycles. The predicted octanol–water partition coefficient (Wildman–Crippen LogP) is 4.30. The van der Waals surface area contributed by atoms with E-state index in [0.29, 0.717) is 31.2 Å². The summed E-state index contributed by atoms with van der Waals surface area (Å²) in [5, 5.41) is 7.53. The highest BCUT2D eigenvalue weighted by Gasteiger charge is 2.35. The van der Waals surface area contributed by atoms with Gasteiger partial charge < -0.3 is 25.4 Å². The van der Waals surface area contributed by atoms with E-state index in [-0.39, 0.29) is 23.9 Å². The summed E-state index contributed by atoms with van der Waals surface area (Å²) in [7, 11) is 1.43. The van der Waals surface area contributed by atoms with Gasteiger partial charge in [0.25, 0.3) is 11.8 Å². The summed E-state index contributed by atoms with van der Waals surface area (Å²) >= 11 is 2.01. The molecule has 0 aliphatic carbocycles. The molecule has 5 amide bonds. The fraction of sp³-hybridized carbons (Fsp3) is 0.143. The van der Waals surface area contributed by atoms with E-state index in [1.54, 1.807) is 30.3 Å². The van der Waals surface area contributed by atoms with Crippen LogP contribution >= 0.6 is 22.6 Å². The van der Waals surface area contributed by atoms with E-state index >= 15 is 0 Å². The standard InChI is InChI=1S/C28H24FIN4O6/c1-16-7-9-18(10-8-16)31-25(36)15-40-26-20(30)11-17(13-23(26)39-2)12-22-27(37)34(28(38)33-22)14-24(35)32-21-6-4-3-5-19(21)29/h3-13H,14-15H2,1-2H3,(H,31,36)(H,32,35)(H,33,38)/b22-12+. The molecule has 3 N–H and O–H groups in total. The summed E-state index contributed by atoms with van der Waals surface area (Å²) in [6, 6.07) is 15.4. The number of imide groups is 1. The first kappa shape index (κ1) is 28.5. The van der Waals surface area contributed by atoms with Gasteiger partial charge in [0.15, 0.2) is 18.1 Å². The van der Waals surface area contributed by atoms with E-state index in [4.69, 9.17) is 9.47 Å². The zero-order valence-electron chi connectivity index (χ0n) is 21.4. The van der Waals surface area contributed by atoms with Gasteiger partial charge in [-0.25, -0.2) is 14.1 Å². The molecule has 1 saturated heterocycles. The Labute approximate surface area is 242 Å². The van der Waals surface area contributed by atoms with Crippen molar-refractivity contribution in [2.24, 2.45) is 0 Å². The van der Waals surface area contributed by atoms with Gasteiger partial charge in [-0.2, -0.15) is 0 Å². The second-order valence-electron chi connectivity index (χ2n) is 8.64. The molecule has 1 aliphatic rings. The molecule has 1 aliphatic heterocycles. The molecule has 0 atom stereocenters. The van der Waals surface area contributed by atoms with Gasteiger partial charge in [-0.15, -0.1) is 0 Å². The molecule has 4 rings (SSSR count). The largest absolute Gasteiger partial charge is 0.493 e. The summed E-state index contributed by atoms with van der Waals surface area (Å²) < 4.78 is 25.5. The van der Waals surface area contributed by atoms with Crippen LogP contribution in [0.15, 0.2) is 66.4 Å². The van der Waals surface area contributed by atoms with Crippen LogP contribution < -0.4 is 25.4 Å². The average Bonchev–Trinajstić information content (AvgIpc) is 3.17. The third kappa shape index (κ3) is 6.94. The minimum Gasteiger partial charge on any atom is -0.493 e. The fourth-order valence-corrected chi connectivity index (χ4v) is 4.49. The maximum absolute atomic E-state index is 13.8. The van der Waals surface area contributed by atoms with Gasteiger partial charge >= 0.3 is 6.03 Å². The van der Waals surface area contributed by atoms with Crippen molar-refractivity contribution in [2.75, 3.05) is 30.9 Å². The molecule has 12 heteroatoms. The Morgan fingerprint density at radius 1 is 1.05 bits per heavy atom. The summed E-state index contributed by atoms with van der Waals surface area (Å²) in [5.41, 5.74) is 2.09. The number of carbonyl (C=O) groups is 4. The van der Waals surface area contributed by atoms with Crippen LogP contribution in [0.2, 0.25) is 0 Å². The van der Waals surface area contributed by atoms with E-state index in [1.807, 2.05) is 41.6 Å². The number of hydrogen-bond donors (Lipinski definition) is 3. The molecule has 0 unspecified atom stereocenters. The molecular formula is C28H24FIN4O6. The van der Waals surface area contributed by atoms with Crippen molar-refractivity contribution in [2.45, 2.75) is 6.92 Å². The number of nitrogens with zero attached hydrogens (tertiary/aromatic N) is 1. The summed E-state index contributed by atoms with van der Waals surface area (Å²) in [5.74, 6) is -1.82. The number of nitrogens with one attached hydrogen (secondary N) is 3. The molecule has 10 nitrogen and oxygen atoms in total. The van der Waals surface area contributed by atoms with Gasteiger partial charge in [0.05, 0.1) is 16.4 Å². The van der Waals surface area contributed by atoms with Gasteiger partial charge in [0.1, 0.15) is 18.1 Å². The zero-order valence-corrected chi connectivity index (χ0v) is 23.6. The van der Waals surface area contributed by atoms with Gasteiger partial charge in [-0.05, 0) is 77.6 Å². The predicted molar refractivity (Wildman–Crippen MR) is 154 cm³/mol. The van der Waals surface area contributed by atoms with Crippen molar-refractivity contribution in [3.05, 3.63) is 86.9 Å². The third-order valence-electron chi connectivity index (χ3n) is 5.66. The molecule has 40 heavy (non-hydrogen) atoms. The van der Waals surface area contributed by atoms with Crippen molar-refractivity contribution in [1.29, 1.82) is 0 Å². The monoisotopic (exact) mass is 658 g/mol. The SMILES string of the molecule is COc1cc(/C=C2/NC(=O)N(CC(=O)Nc3ccccc3F)C2=O)cc(I)c1OCC(=O)Nc1ccc(C)cc1. The van der Waals surface area contributed by atoms with Crippen molar-refractivity contribution < 1.29 is 33.0 Å². The second kappa shape index (κ2) is 12.6. The second-order valence-corrected chi connectivity index (χ2v) is 9.81. The average molecular weight is 658 g/mol. The lowest BCUT2D eigenvalue weighted by atomic mass is 10.1. The number of anilines is 2. The van der Waals surface area contributed by atoms with Crippen LogP contribution in [-0.4, -0.2) is 48.9 Å². The number of benzene rings is 3. The number of rotatable bonds is 9. The van der Waals surface area contributed by atoms with E-state index in [9.17, 15) is 23.6 Å². The molecule has 206 valence electrons. The number of amides is 5. The fourth-order valence-electron chi connectivity index (χ4n) is 3.71. The molecular weight excluding hydrogens is 634 g/mol. The van der Waals surface area contributed by atoms with Gasteiger partial charge in [-0.1, -0.05) is 29.8 Å². The maximum atomic E-state index is 13.8. The highest BCUT2D eigenvalue weighted by molar-refractivity contribution is 14.1. The van der Waals surface area contributed by atoms with Crippen LogP contribution in [0.3, 0.4) is 0 Å². The minimum absolute atomic E-state index is 0.0623. The lowest BCUT2D eigenvalue weighted by Crippen LogP contribution is -2.38. The highest BCUT2D eigenvalue weighted by Crippen LogP contribution is 2.35. The van der Waals surface area contributed by atoms with E-state index in [1.165, 1.54) is 31.4 Å². The molecule has 0 radical (unpaired) electrons. The molecule has 1 heterocycles. The Balaban J connectivity index is 1.42. The Bertz CT molecular complexity index is 1510. The lowest BCUT2D eigenvalue weighted by molar-refractivity contribution is -0.127. The number of para-hydroxylation sites is 1. The van der Waals surface area contributed by atoms with Gasteiger partial charge in [0.2, 0.25) is 5.91 Å². The Morgan fingerprint density at radius 2 is 1.77 bits per heavy atom. The zero-order chi connectivity index (χ0) is 28.8. The number of ether oxygens (including phenoxy) is 2. The van der Waals surface area contributed by atoms with Gasteiger partial charge in [0, 0.05) is 5.69 Å². The molecule has 0 aromatic heterocycles. The first-order chi connectivity index (χ1) is 19.1. The summed E-state index contributed by atoms with van der Waals surface area (Å²) in [6.07, 6.45) is 1.42. The van der Waals surface area contributed by atoms with Crippen LogP contribution in [-0.2, 0) is 14.4 Å². The van der Waals surface area contributed by atoms with Crippen LogP contribution in [0.4, 0.5) is 20.6 Å². The van der Waals surface area contributed by atoms with Crippen LogP contribution in [0.25, 0.3) is 6.08 Å². The maximum Gasteiger partial charge on any atom is 0.329 e. The summed E-state index contributed by atoms with van der Waals surface area (Å²) in [6.45, 7) is 1.08. The number of methoxy groups -OCH3 is 1. The van der Waals surface area contributed by atoms with E-state index in [2.05, 4.69) is 16.0 Å². The summed E-state index contributed by atoms with van der Waals surface area (Å²) in [4.78, 5) is 50.6. The van der Waals surface area contributed by atoms with E-state index < -0.39 is 30.2 Å². The third-order valence-corrected chi connectivity index (χ3v) is 6.46. The van der Waals surface area contributed by atoms with Crippen molar-refractivity contribution in [3.8, 4) is 11.5 Å². The van der Waals surface area contributed by atoms with Gasteiger partial charge in [-0.3, -0.25) is 14.4 Å². The number of aryl methyl sites for hydroxylation is 1. The molecule has 1 fully saturated rings. The topological polar surface area (TPSA) is 126 Å². The van der Waals surface area contributed by atoms with Crippen molar-refractivity contribution >= 4 is 63.8 Å². The molecule has 0 spiro atoms. The Hall–Kier alpha value is -4.46.